The van der Waals surface area contributed by atoms with Gasteiger partial charge in [0.1, 0.15) is 18.1 Å². The number of rotatable bonds is 8. The molecule has 0 radical (unpaired) electrons. The lowest BCUT2D eigenvalue weighted by molar-refractivity contribution is -0.385. The maximum Gasteiger partial charge on any atom is 0.272 e. The highest BCUT2D eigenvalue weighted by Gasteiger charge is 2.16. The molecule has 0 spiro atoms. The monoisotopic (exact) mass is 525 g/mol. The highest BCUT2D eigenvalue weighted by atomic mass is 32.1. The summed E-state index contributed by atoms with van der Waals surface area (Å²) in [6.07, 6.45) is 1.59. The van der Waals surface area contributed by atoms with Crippen molar-refractivity contribution in [2.45, 2.75) is 13.8 Å². The lowest BCUT2D eigenvalue weighted by Gasteiger charge is -2.26. The van der Waals surface area contributed by atoms with Crippen molar-refractivity contribution < 1.29 is 23.5 Å². The van der Waals surface area contributed by atoms with E-state index in [0.717, 1.165) is 59.8 Å². The van der Waals surface area contributed by atoms with Crippen LogP contribution in [-0.4, -0.2) is 54.3 Å². The van der Waals surface area contributed by atoms with Crippen molar-refractivity contribution in [3.63, 3.8) is 0 Å². The summed E-state index contributed by atoms with van der Waals surface area (Å²) in [6.45, 7) is 8.81. The number of aromatic nitrogens is 1. The zero-order chi connectivity index (χ0) is 26.2. The van der Waals surface area contributed by atoms with Crippen molar-refractivity contribution in [2.75, 3.05) is 39.5 Å². The molecular formula is C27H28FN3O5S. The first kappa shape index (κ1) is 26.5. The van der Waals surface area contributed by atoms with Gasteiger partial charge in [0.25, 0.3) is 5.69 Å². The topological polar surface area (TPSA) is 87.0 Å². The highest BCUT2D eigenvalue weighted by molar-refractivity contribution is 7.22. The SMILES string of the molecule is CC.O=[N+]([O-])c1ccc(Oc2ccnc3cc(-c4cccc(OCCN5CCOCC5)c4)sc23)c(F)c1. The van der Waals surface area contributed by atoms with Gasteiger partial charge in [-0.3, -0.25) is 20.0 Å². The van der Waals surface area contributed by atoms with Crippen LogP contribution in [0.2, 0.25) is 0 Å². The Morgan fingerprint density at radius 1 is 1.11 bits per heavy atom. The van der Waals surface area contributed by atoms with E-state index in [9.17, 15) is 14.5 Å². The molecule has 1 fully saturated rings. The Balaban J connectivity index is 0.00000156. The molecule has 3 heterocycles. The molecule has 0 unspecified atom stereocenters. The molecule has 1 saturated heterocycles. The Kier molecular flexibility index (Phi) is 8.99. The van der Waals surface area contributed by atoms with E-state index in [0.29, 0.717) is 17.9 Å². The zero-order valence-corrected chi connectivity index (χ0v) is 21.5. The third kappa shape index (κ3) is 6.59. The molecule has 10 heteroatoms. The number of non-ortho nitro benzene ring substituents is 1. The van der Waals surface area contributed by atoms with E-state index in [1.165, 1.54) is 23.5 Å². The fourth-order valence-electron chi connectivity index (χ4n) is 3.80. The molecular weight excluding hydrogens is 497 g/mol. The predicted octanol–water partition coefficient (Wildman–Crippen LogP) is 6.54. The highest BCUT2D eigenvalue weighted by Crippen LogP contribution is 2.40. The molecule has 0 bridgehead atoms. The molecule has 2 aromatic carbocycles. The van der Waals surface area contributed by atoms with E-state index in [-0.39, 0.29) is 11.4 Å². The zero-order valence-electron chi connectivity index (χ0n) is 20.7. The van der Waals surface area contributed by atoms with Gasteiger partial charge in [-0.15, -0.1) is 11.3 Å². The number of ether oxygens (including phenoxy) is 3. The second kappa shape index (κ2) is 12.6. The van der Waals surface area contributed by atoms with E-state index < -0.39 is 10.7 Å². The van der Waals surface area contributed by atoms with E-state index in [1.807, 2.05) is 44.2 Å². The first-order chi connectivity index (χ1) is 18.1. The number of pyridine rings is 1. The van der Waals surface area contributed by atoms with Crippen LogP contribution in [0.25, 0.3) is 20.7 Å². The van der Waals surface area contributed by atoms with Crippen molar-refractivity contribution in [3.05, 3.63) is 76.7 Å². The number of halogens is 1. The number of hydrogen-bond acceptors (Lipinski definition) is 8. The molecule has 0 atom stereocenters. The minimum absolute atomic E-state index is 0.0892. The number of fused-ring (bicyclic) bond motifs is 1. The molecule has 5 rings (SSSR count). The van der Waals surface area contributed by atoms with Crippen LogP contribution in [0.15, 0.2) is 60.8 Å². The van der Waals surface area contributed by atoms with Gasteiger partial charge in [-0.25, -0.2) is 4.39 Å². The molecule has 0 amide bonds. The first-order valence-corrected chi connectivity index (χ1v) is 12.9. The molecule has 37 heavy (non-hydrogen) atoms. The number of thiophene rings is 1. The largest absolute Gasteiger partial charge is 0.492 e. The Bertz CT molecular complexity index is 1360. The lowest BCUT2D eigenvalue weighted by atomic mass is 10.2. The summed E-state index contributed by atoms with van der Waals surface area (Å²) < 4.78 is 32.2. The summed E-state index contributed by atoms with van der Waals surface area (Å²) in [5.74, 6) is 0.319. The van der Waals surface area contributed by atoms with Crippen molar-refractivity contribution in [1.29, 1.82) is 0 Å². The van der Waals surface area contributed by atoms with Crippen LogP contribution < -0.4 is 9.47 Å². The maximum absolute atomic E-state index is 14.4. The average Bonchev–Trinajstić information content (AvgIpc) is 3.37. The van der Waals surface area contributed by atoms with Gasteiger partial charge in [-0.1, -0.05) is 26.0 Å². The fourth-order valence-corrected chi connectivity index (χ4v) is 4.86. The number of morpholine rings is 1. The van der Waals surface area contributed by atoms with Gasteiger partial charge < -0.3 is 14.2 Å². The normalized spacial score (nSPS) is 13.6. The molecule has 8 nitrogen and oxygen atoms in total. The maximum atomic E-state index is 14.4. The Hall–Kier alpha value is -3.60. The fraction of sp³-hybridized carbons (Fsp3) is 0.296. The third-order valence-corrected chi connectivity index (χ3v) is 6.81. The minimum atomic E-state index is -0.803. The number of benzene rings is 2. The first-order valence-electron chi connectivity index (χ1n) is 12.1. The van der Waals surface area contributed by atoms with Gasteiger partial charge in [-0.05, 0) is 29.8 Å². The molecule has 1 aliphatic heterocycles. The molecule has 1 aliphatic rings. The van der Waals surface area contributed by atoms with Crippen LogP contribution in [0.4, 0.5) is 10.1 Å². The van der Waals surface area contributed by atoms with Gasteiger partial charge in [0.2, 0.25) is 0 Å². The predicted molar refractivity (Wildman–Crippen MR) is 142 cm³/mol. The molecule has 4 aromatic rings. The van der Waals surface area contributed by atoms with Crippen LogP contribution in [-0.2, 0) is 4.74 Å². The van der Waals surface area contributed by atoms with E-state index in [2.05, 4.69) is 9.88 Å². The van der Waals surface area contributed by atoms with Gasteiger partial charge >= 0.3 is 0 Å². The second-order valence-corrected chi connectivity index (χ2v) is 8.99. The van der Waals surface area contributed by atoms with Crippen molar-refractivity contribution >= 4 is 27.2 Å². The van der Waals surface area contributed by atoms with Crippen molar-refractivity contribution in [2.24, 2.45) is 0 Å². The summed E-state index contributed by atoms with van der Waals surface area (Å²) in [5.41, 5.74) is 1.35. The van der Waals surface area contributed by atoms with E-state index in [1.54, 1.807) is 12.3 Å². The number of hydrogen-bond donors (Lipinski definition) is 0. The smallest absolute Gasteiger partial charge is 0.272 e. The van der Waals surface area contributed by atoms with Gasteiger partial charge in [-0.2, -0.15) is 0 Å². The number of nitrogens with zero attached hydrogens (tertiary/aromatic N) is 3. The summed E-state index contributed by atoms with van der Waals surface area (Å²) in [6, 6.07) is 14.8. The number of nitro groups is 1. The summed E-state index contributed by atoms with van der Waals surface area (Å²) >= 11 is 1.47. The molecule has 0 N–H and O–H groups in total. The summed E-state index contributed by atoms with van der Waals surface area (Å²) in [5, 5.41) is 10.9. The third-order valence-electron chi connectivity index (χ3n) is 5.62. The summed E-state index contributed by atoms with van der Waals surface area (Å²) in [7, 11) is 0. The van der Waals surface area contributed by atoms with Crippen LogP contribution in [0.3, 0.4) is 0 Å². The van der Waals surface area contributed by atoms with E-state index in [4.69, 9.17) is 14.2 Å². The average molecular weight is 526 g/mol. The minimum Gasteiger partial charge on any atom is -0.492 e. The second-order valence-electron chi connectivity index (χ2n) is 7.94. The van der Waals surface area contributed by atoms with Gasteiger partial charge in [0, 0.05) is 42.8 Å². The van der Waals surface area contributed by atoms with Crippen LogP contribution >= 0.6 is 11.3 Å². The molecule has 194 valence electrons. The van der Waals surface area contributed by atoms with Crippen LogP contribution in [0.1, 0.15) is 13.8 Å². The van der Waals surface area contributed by atoms with Crippen LogP contribution in [0, 0.1) is 15.9 Å². The Morgan fingerprint density at radius 2 is 1.92 bits per heavy atom. The van der Waals surface area contributed by atoms with E-state index >= 15 is 0 Å². The molecule has 0 saturated carbocycles. The molecule has 2 aromatic heterocycles. The van der Waals surface area contributed by atoms with Gasteiger partial charge in [0.05, 0.1) is 34.4 Å². The Morgan fingerprint density at radius 3 is 2.68 bits per heavy atom. The number of nitro benzene ring substituents is 1. The quantitative estimate of drug-likeness (QED) is 0.191. The lowest BCUT2D eigenvalue weighted by Crippen LogP contribution is -2.38. The van der Waals surface area contributed by atoms with Crippen molar-refractivity contribution in [1.82, 2.24) is 9.88 Å². The molecule has 0 aliphatic carbocycles. The van der Waals surface area contributed by atoms with Gasteiger partial charge in [0.15, 0.2) is 11.6 Å². The van der Waals surface area contributed by atoms with Crippen molar-refractivity contribution in [3.8, 4) is 27.7 Å². The standard InChI is InChI=1S/C25H22FN3O5S.C2H6/c26-20-15-18(29(30)31)4-5-22(20)34-23-6-7-27-21-16-24(35-25(21)23)17-2-1-3-19(14-17)33-13-10-28-8-11-32-12-9-28;1-2/h1-7,14-16H,8-13H2;1-2H3. The Labute approximate surface area is 218 Å². The summed E-state index contributed by atoms with van der Waals surface area (Å²) in [4.78, 5) is 17.9. The van der Waals surface area contributed by atoms with Crippen LogP contribution in [0.5, 0.6) is 17.2 Å².